The van der Waals surface area contributed by atoms with Crippen LogP contribution in [0.3, 0.4) is 0 Å². The highest BCUT2D eigenvalue weighted by Crippen LogP contribution is 2.36. The molecule has 0 unspecified atom stereocenters. The standard InChI is InChI=1S/C16H19N3O2S/c1-2-9-17-14(20)10-22-16-18-13-6-4-3-5-12(13)15(21)19(16)11-7-8-11/h3-6,11H,2,7-10H2,1H3,(H,17,20). The number of fused-ring (bicyclic) bond motifs is 1. The monoisotopic (exact) mass is 317 g/mol. The number of nitrogens with zero attached hydrogens (tertiary/aromatic N) is 2. The van der Waals surface area contributed by atoms with Crippen LogP contribution in [0.4, 0.5) is 0 Å². The van der Waals surface area contributed by atoms with Gasteiger partial charge in [-0.2, -0.15) is 0 Å². The van der Waals surface area contributed by atoms with Crippen LogP contribution in [0.25, 0.3) is 10.9 Å². The van der Waals surface area contributed by atoms with Crippen molar-refractivity contribution in [3.05, 3.63) is 34.6 Å². The van der Waals surface area contributed by atoms with E-state index in [2.05, 4.69) is 10.3 Å². The Morgan fingerprint density at radius 2 is 2.18 bits per heavy atom. The summed E-state index contributed by atoms with van der Waals surface area (Å²) in [6.45, 7) is 2.70. The van der Waals surface area contributed by atoms with E-state index in [-0.39, 0.29) is 23.3 Å². The largest absolute Gasteiger partial charge is 0.355 e. The lowest BCUT2D eigenvalue weighted by Crippen LogP contribution is -2.27. The van der Waals surface area contributed by atoms with E-state index in [0.717, 1.165) is 19.3 Å². The summed E-state index contributed by atoms with van der Waals surface area (Å²) in [6, 6.07) is 7.62. The second-order valence-corrected chi connectivity index (χ2v) is 6.40. The van der Waals surface area contributed by atoms with E-state index >= 15 is 0 Å². The van der Waals surface area contributed by atoms with Crippen LogP contribution in [0.1, 0.15) is 32.2 Å². The minimum absolute atomic E-state index is 0.00423. The summed E-state index contributed by atoms with van der Waals surface area (Å²) in [7, 11) is 0. The van der Waals surface area contributed by atoms with Gasteiger partial charge in [-0.3, -0.25) is 14.2 Å². The molecule has 6 heteroatoms. The van der Waals surface area contributed by atoms with Gasteiger partial charge < -0.3 is 5.32 Å². The van der Waals surface area contributed by atoms with Gasteiger partial charge in [0, 0.05) is 12.6 Å². The molecule has 1 N–H and O–H groups in total. The van der Waals surface area contributed by atoms with Crippen molar-refractivity contribution in [1.29, 1.82) is 0 Å². The number of carbonyl (C=O) groups is 1. The van der Waals surface area contributed by atoms with Crippen molar-refractivity contribution >= 4 is 28.6 Å². The van der Waals surface area contributed by atoms with Crippen molar-refractivity contribution in [3.63, 3.8) is 0 Å². The lowest BCUT2D eigenvalue weighted by atomic mass is 10.2. The molecule has 1 aliphatic carbocycles. The van der Waals surface area contributed by atoms with Gasteiger partial charge in [0.1, 0.15) is 0 Å². The maximum absolute atomic E-state index is 12.7. The van der Waals surface area contributed by atoms with Crippen LogP contribution in [0.2, 0.25) is 0 Å². The van der Waals surface area contributed by atoms with Crippen LogP contribution in [0.15, 0.2) is 34.2 Å². The maximum Gasteiger partial charge on any atom is 0.262 e. The number of hydrogen-bond donors (Lipinski definition) is 1. The molecule has 2 aromatic rings. The molecular formula is C16H19N3O2S. The molecule has 0 radical (unpaired) electrons. The van der Waals surface area contributed by atoms with Gasteiger partial charge in [0.2, 0.25) is 5.91 Å². The fourth-order valence-electron chi connectivity index (χ4n) is 2.33. The highest BCUT2D eigenvalue weighted by atomic mass is 32.2. The zero-order valence-electron chi connectivity index (χ0n) is 12.5. The predicted molar refractivity (Wildman–Crippen MR) is 88.3 cm³/mol. The average Bonchev–Trinajstić information content (AvgIpc) is 3.35. The molecule has 1 aliphatic rings. The van der Waals surface area contributed by atoms with E-state index in [9.17, 15) is 9.59 Å². The minimum atomic E-state index is -0.0170. The third-order valence-electron chi connectivity index (χ3n) is 3.59. The summed E-state index contributed by atoms with van der Waals surface area (Å²) >= 11 is 1.34. The summed E-state index contributed by atoms with van der Waals surface area (Å²) in [5.74, 6) is 0.272. The van der Waals surface area contributed by atoms with Gasteiger partial charge in [-0.25, -0.2) is 4.98 Å². The van der Waals surface area contributed by atoms with Crippen LogP contribution < -0.4 is 10.9 Å². The van der Waals surface area contributed by atoms with Gasteiger partial charge >= 0.3 is 0 Å². The highest BCUT2D eigenvalue weighted by molar-refractivity contribution is 7.99. The molecule has 0 saturated heterocycles. The fraction of sp³-hybridized carbons (Fsp3) is 0.438. The van der Waals surface area contributed by atoms with Crippen molar-refractivity contribution < 1.29 is 4.79 Å². The lowest BCUT2D eigenvalue weighted by molar-refractivity contribution is -0.118. The topological polar surface area (TPSA) is 64.0 Å². The van der Waals surface area contributed by atoms with E-state index in [1.165, 1.54) is 11.8 Å². The van der Waals surface area contributed by atoms with Gasteiger partial charge in [0.05, 0.1) is 16.7 Å². The first-order chi connectivity index (χ1) is 10.7. The predicted octanol–water partition coefficient (Wildman–Crippen LogP) is 2.35. The van der Waals surface area contributed by atoms with E-state index < -0.39 is 0 Å². The Bertz CT molecular complexity index is 753. The molecule has 3 rings (SSSR count). The molecule has 0 aliphatic heterocycles. The molecule has 1 aromatic carbocycles. The van der Waals surface area contributed by atoms with Gasteiger partial charge in [0.25, 0.3) is 5.56 Å². The molecule has 1 fully saturated rings. The molecule has 1 aromatic heterocycles. The Balaban J connectivity index is 1.89. The Morgan fingerprint density at radius 3 is 2.91 bits per heavy atom. The smallest absolute Gasteiger partial charge is 0.262 e. The number of aromatic nitrogens is 2. The van der Waals surface area contributed by atoms with E-state index in [4.69, 9.17) is 0 Å². The van der Waals surface area contributed by atoms with Crippen molar-refractivity contribution in [2.75, 3.05) is 12.3 Å². The fourth-order valence-corrected chi connectivity index (χ4v) is 3.22. The number of thioether (sulfide) groups is 1. The van der Waals surface area contributed by atoms with Crippen LogP contribution in [-0.4, -0.2) is 27.8 Å². The summed E-state index contributed by atoms with van der Waals surface area (Å²) in [6.07, 6.45) is 2.93. The summed E-state index contributed by atoms with van der Waals surface area (Å²) in [5, 5.41) is 4.14. The second kappa shape index (κ2) is 6.52. The van der Waals surface area contributed by atoms with Gasteiger partial charge in [-0.15, -0.1) is 0 Å². The zero-order valence-corrected chi connectivity index (χ0v) is 13.4. The van der Waals surface area contributed by atoms with E-state index in [0.29, 0.717) is 22.6 Å². The van der Waals surface area contributed by atoms with Gasteiger partial charge in [-0.05, 0) is 31.4 Å². The molecule has 0 bridgehead atoms. The summed E-state index contributed by atoms with van der Waals surface area (Å²) < 4.78 is 1.76. The van der Waals surface area contributed by atoms with Crippen molar-refractivity contribution in [1.82, 2.24) is 14.9 Å². The number of hydrogen-bond acceptors (Lipinski definition) is 4. The Morgan fingerprint density at radius 1 is 1.41 bits per heavy atom. The van der Waals surface area contributed by atoms with Crippen molar-refractivity contribution in [2.45, 2.75) is 37.4 Å². The molecule has 5 nitrogen and oxygen atoms in total. The Hall–Kier alpha value is -1.82. The molecule has 22 heavy (non-hydrogen) atoms. The SMILES string of the molecule is CCCNC(=O)CSc1nc2ccccc2c(=O)n1C1CC1. The van der Waals surface area contributed by atoms with Crippen molar-refractivity contribution in [2.24, 2.45) is 0 Å². The molecular weight excluding hydrogens is 298 g/mol. The van der Waals surface area contributed by atoms with E-state index in [1.807, 2.05) is 31.2 Å². The second-order valence-electron chi connectivity index (χ2n) is 5.46. The molecule has 1 amide bonds. The minimum Gasteiger partial charge on any atom is -0.355 e. The number of rotatable bonds is 6. The maximum atomic E-state index is 12.7. The normalized spacial score (nSPS) is 14.2. The molecule has 0 spiro atoms. The van der Waals surface area contributed by atoms with Crippen LogP contribution in [-0.2, 0) is 4.79 Å². The Kier molecular flexibility index (Phi) is 4.47. The first-order valence-electron chi connectivity index (χ1n) is 7.61. The molecule has 116 valence electrons. The third kappa shape index (κ3) is 3.16. The number of benzene rings is 1. The summed E-state index contributed by atoms with van der Waals surface area (Å²) in [4.78, 5) is 29.0. The quantitative estimate of drug-likeness (QED) is 0.656. The number of amides is 1. The number of carbonyl (C=O) groups excluding carboxylic acids is 1. The van der Waals surface area contributed by atoms with Crippen LogP contribution in [0, 0.1) is 0 Å². The highest BCUT2D eigenvalue weighted by Gasteiger charge is 2.28. The first-order valence-corrected chi connectivity index (χ1v) is 8.60. The average molecular weight is 317 g/mol. The Labute approximate surface area is 133 Å². The lowest BCUT2D eigenvalue weighted by Gasteiger charge is -2.12. The molecule has 0 atom stereocenters. The summed E-state index contributed by atoms with van der Waals surface area (Å²) in [5.41, 5.74) is 0.699. The number of para-hydroxylation sites is 1. The van der Waals surface area contributed by atoms with E-state index in [1.54, 1.807) is 4.57 Å². The number of nitrogens with one attached hydrogen (secondary N) is 1. The van der Waals surface area contributed by atoms with Gasteiger partial charge in [-0.1, -0.05) is 30.8 Å². The zero-order chi connectivity index (χ0) is 15.5. The van der Waals surface area contributed by atoms with Crippen molar-refractivity contribution in [3.8, 4) is 0 Å². The molecule has 1 heterocycles. The van der Waals surface area contributed by atoms with Crippen LogP contribution >= 0.6 is 11.8 Å². The third-order valence-corrected chi connectivity index (χ3v) is 4.54. The van der Waals surface area contributed by atoms with Crippen LogP contribution in [0.5, 0.6) is 0 Å². The first kappa shape index (κ1) is 15.1. The van der Waals surface area contributed by atoms with Gasteiger partial charge in [0.15, 0.2) is 5.16 Å². The molecule has 1 saturated carbocycles.